The number of nitrogens with zero attached hydrogens (tertiary/aromatic N) is 2. The van der Waals surface area contributed by atoms with E-state index in [4.69, 9.17) is 22.9 Å². The van der Waals surface area contributed by atoms with E-state index in [-0.39, 0.29) is 43.5 Å². The number of likely N-dealkylation sites (N-methyl/N-ethyl adjacent to an activating group) is 1. The minimum atomic E-state index is -1.13. The number of nitrogens with two attached hydrogens (primary N) is 4. The number of rotatable bonds is 16. The number of amides is 4. The summed E-state index contributed by atoms with van der Waals surface area (Å²) < 4.78 is 0. The van der Waals surface area contributed by atoms with Crippen molar-refractivity contribution in [1.82, 2.24) is 21.3 Å². The standard InChI is InChI=1S/C29H42N10O5/c1-17(24(41)34-2)36-26(43)22(15-18-7-4-3-5-8-18)38-25(42)21(9-6-14-35-28(30)31)37-27(44)23(39-29(32)33)16-19-10-12-20(40)13-11-19/h3-5,7-8,10-13,17,21-23,40H,6,9,14-16H2,1-2H3,(H,34,41)(H,36,43)(H,37,44)(H,38,42)(H4,30,31,35)(H4,32,33,39)/t17-,21-,22+,23+/m1/s1. The third-order valence-electron chi connectivity index (χ3n) is 6.47. The topological polar surface area (TPSA) is 265 Å². The predicted molar refractivity (Wildman–Crippen MR) is 167 cm³/mol. The monoisotopic (exact) mass is 610 g/mol. The number of phenols is 1. The first-order valence-corrected chi connectivity index (χ1v) is 14.0. The number of hydrogen-bond acceptors (Lipinski definition) is 7. The molecule has 0 spiro atoms. The molecule has 13 N–H and O–H groups in total. The Morgan fingerprint density at radius 2 is 1.34 bits per heavy atom. The Balaban J connectivity index is 2.31. The number of nitrogens with one attached hydrogen (secondary N) is 4. The number of carbonyl (C=O) groups is 4. The third-order valence-corrected chi connectivity index (χ3v) is 6.47. The highest BCUT2D eigenvalue weighted by Crippen LogP contribution is 2.13. The number of hydrogen-bond donors (Lipinski definition) is 9. The fourth-order valence-electron chi connectivity index (χ4n) is 4.20. The molecule has 0 fully saturated rings. The molecule has 0 aliphatic rings. The molecule has 2 aromatic rings. The smallest absolute Gasteiger partial charge is 0.245 e. The van der Waals surface area contributed by atoms with Gasteiger partial charge in [0.05, 0.1) is 0 Å². The van der Waals surface area contributed by atoms with Gasteiger partial charge in [0.1, 0.15) is 29.9 Å². The zero-order chi connectivity index (χ0) is 32.6. The minimum absolute atomic E-state index is 0.0490. The van der Waals surface area contributed by atoms with Gasteiger partial charge >= 0.3 is 0 Å². The summed E-state index contributed by atoms with van der Waals surface area (Å²) in [5.74, 6) is -2.70. The lowest BCUT2D eigenvalue weighted by Crippen LogP contribution is -2.57. The van der Waals surface area contributed by atoms with E-state index >= 15 is 0 Å². The molecule has 2 aromatic carbocycles. The fraction of sp³-hybridized carbons (Fsp3) is 0.379. The molecule has 2 rings (SSSR count). The molecule has 0 heterocycles. The molecule has 0 unspecified atom stereocenters. The molecule has 0 bridgehead atoms. The summed E-state index contributed by atoms with van der Waals surface area (Å²) >= 11 is 0. The Bertz CT molecular complexity index is 1310. The van der Waals surface area contributed by atoms with Crippen LogP contribution in [0.3, 0.4) is 0 Å². The SMILES string of the molecule is CNC(=O)[C@@H](C)NC(=O)[C@H](Cc1ccccc1)NC(=O)[C@@H](CCCN=C(N)N)NC(=O)[C@H](Cc1ccc(O)cc1)N=C(N)N. The second-order valence-electron chi connectivity index (χ2n) is 10.0. The van der Waals surface area contributed by atoms with Crippen LogP contribution in [0.4, 0.5) is 0 Å². The number of phenolic OH excluding ortho intramolecular Hbond substituents is 1. The first-order valence-electron chi connectivity index (χ1n) is 14.0. The maximum atomic E-state index is 13.6. The van der Waals surface area contributed by atoms with Crippen LogP contribution in [0, 0.1) is 0 Å². The molecule has 0 saturated heterocycles. The summed E-state index contributed by atoms with van der Waals surface area (Å²) in [6, 6.07) is 11.0. The van der Waals surface area contributed by atoms with E-state index in [0.29, 0.717) is 12.0 Å². The molecule has 238 valence electrons. The van der Waals surface area contributed by atoms with Gasteiger partial charge in [-0.25, -0.2) is 4.99 Å². The normalized spacial score (nSPS) is 13.2. The molecule has 15 heteroatoms. The van der Waals surface area contributed by atoms with Crippen molar-refractivity contribution in [2.24, 2.45) is 32.9 Å². The largest absolute Gasteiger partial charge is 0.508 e. The van der Waals surface area contributed by atoms with Crippen molar-refractivity contribution in [2.75, 3.05) is 13.6 Å². The Morgan fingerprint density at radius 1 is 0.750 bits per heavy atom. The lowest BCUT2D eigenvalue weighted by atomic mass is 10.0. The van der Waals surface area contributed by atoms with E-state index in [2.05, 4.69) is 31.3 Å². The lowest BCUT2D eigenvalue weighted by Gasteiger charge is -2.25. The van der Waals surface area contributed by atoms with Crippen molar-refractivity contribution in [2.45, 2.75) is 56.8 Å². The number of carbonyl (C=O) groups excluding carboxylic acids is 4. The minimum Gasteiger partial charge on any atom is -0.508 e. The number of benzene rings is 2. The van der Waals surface area contributed by atoms with Crippen molar-refractivity contribution in [3.8, 4) is 5.75 Å². The van der Waals surface area contributed by atoms with Gasteiger partial charge in [-0.2, -0.15) is 0 Å². The molecule has 4 amide bonds. The van der Waals surface area contributed by atoms with Crippen LogP contribution < -0.4 is 44.2 Å². The van der Waals surface area contributed by atoms with E-state index in [1.165, 1.54) is 26.1 Å². The van der Waals surface area contributed by atoms with Crippen LogP contribution in [0.2, 0.25) is 0 Å². The Morgan fingerprint density at radius 3 is 1.93 bits per heavy atom. The van der Waals surface area contributed by atoms with E-state index in [9.17, 15) is 24.3 Å². The van der Waals surface area contributed by atoms with Gasteiger partial charge in [-0.1, -0.05) is 42.5 Å². The Labute approximate surface area is 255 Å². The molecule has 15 nitrogen and oxygen atoms in total. The van der Waals surface area contributed by atoms with Crippen molar-refractivity contribution in [3.63, 3.8) is 0 Å². The zero-order valence-corrected chi connectivity index (χ0v) is 24.8. The lowest BCUT2D eigenvalue weighted by molar-refractivity contribution is -0.133. The summed E-state index contributed by atoms with van der Waals surface area (Å²) in [7, 11) is 1.45. The average Bonchev–Trinajstić information content (AvgIpc) is 2.98. The van der Waals surface area contributed by atoms with E-state index < -0.39 is 47.8 Å². The second-order valence-corrected chi connectivity index (χ2v) is 10.0. The Kier molecular flexibility index (Phi) is 13.9. The highest BCUT2D eigenvalue weighted by atomic mass is 16.3. The zero-order valence-electron chi connectivity index (χ0n) is 24.8. The van der Waals surface area contributed by atoms with Crippen LogP contribution in [0.1, 0.15) is 30.9 Å². The molecule has 4 atom stereocenters. The van der Waals surface area contributed by atoms with Crippen molar-refractivity contribution >= 4 is 35.5 Å². The van der Waals surface area contributed by atoms with E-state index in [1.807, 2.05) is 6.07 Å². The highest BCUT2D eigenvalue weighted by molar-refractivity contribution is 5.95. The molecule has 0 radical (unpaired) electrons. The predicted octanol–water partition coefficient (Wildman–Crippen LogP) is -1.91. The quantitative estimate of drug-likeness (QED) is 0.0582. The van der Waals surface area contributed by atoms with Gasteiger partial charge in [-0.3, -0.25) is 24.2 Å². The summed E-state index contributed by atoms with van der Waals surface area (Å²) in [5, 5.41) is 20.1. The van der Waals surface area contributed by atoms with Gasteiger partial charge < -0.3 is 49.3 Å². The molecular formula is C29H42N10O5. The van der Waals surface area contributed by atoms with Crippen molar-refractivity contribution in [1.29, 1.82) is 0 Å². The third kappa shape index (κ3) is 12.3. The summed E-state index contributed by atoms with van der Waals surface area (Å²) in [5.41, 5.74) is 23.4. The maximum Gasteiger partial charge on any atom is 0.245 e. The van der Waals surface area contributed by atoms with Crippen LogP contribution >= 0.6 is 0 Å². The molecule has 0 saturated carbocycles. The molecule has 0 aliphatic carbocycles. The maximum absolute atomic E-state index is 13.6. The van der Waals surface area contributed by atoms with Crippen LogP contribution in [-0.2, 0) is 32.0 Å². The first kappa shape index (κ1) is 34.9. The molecule has 0 aromatic heterocycles. The summed E-state index contributed by atoms with van der Waals surface area (Å²) in [6.45, 7) is 1.70. The van der Waals surface area contributed by atoms with Crippen molar-refractivity contribution < 1.29 is 24.3 Å². The van der Waals surface area contributed by atoms with Crippen LogP contribution in [0.25, 0.3) is 0 Å². The van der Waals surface area contributed by atoms with Crippen LogP contribution in [-0.4, -0.2) is 78.4 Å². The fourth-order valence-corrected chi connectivity index (χ4v) is 4.20. The average molecular weight is 611 g/mol. The van der Waals surface area contributed by atoms with Gasteiger partial charge in [0.15, 0.2) is 11.9 Å². The van der Waals surface area contributed by atoms with Crippen molar-refractivity contribution in [3.05, 3.63) is 65.7 Å². The first-order chi connectivity index (χ1) is 20.9. The van der Waals surface area contributed by atoms with Gasteiger partial charge in [0, 0.05) is 26.4 Å². The number of aliphatic imine (C=N–C) groups is 2. The Hall–Kier alpha value is -5.34. The molecule has 44 heavy (non-hydrogen) atoms. The van der Waals surface area contributed by atoms with Gasteiger partial charge in [0.2, 0.25) is 23.6 Å². The van der Waals surface area contributed by atoms with Gasteiger partial charge in [-0.05, 0) is 43.0 Å². The van der Waals surface area contributed by atoms with Crippen LogP contribution in [0.15, 0.2) is 64.6 Å². The van der Waals surface area contributed by atoms with E-state index in [1.54, 1.807) is 36.4 Å². The second kappa shape index (κ2) is 17.6. The van der Waals surface area contributed by atoms with Gasteiger partial charge in [0.25, 0.3) is 0 Å². The molecule has 0 aliphatic heterocycles. The van der Waals surface area contributed by atoms with Crippen LogP contribution in [0.5, 0.6) is 5.75 Å². The molecular weight excluding hydrogens is 568 g/mol. The van der Waals surface area contributed by atoms with Gasteiger partial charge in [-0.15, -0.1) is 0 Å². The summed E-state index contributed by atoms with van der Waals surface area (Å²) in [6.07, 6.45) is 0.606. The summed E-state index contributed by atoms with van der Waals surface area (Å²) in [4.78, 5) is 60.3. The number of aromatic hydroxyl groups is 1. The highest BCUT2D eigenvalue weighted by Gasteiger charge is 2.30. The number of guanidine groups is 2. The van der Waals surface area contributed by atoms with E-state index in [0.717, 1.165) is 5.56 Å².